The maximum atomic E-state index is 11.6. The number of aryl methyl sites for hydroxylation is 2. The molecule has 1 saturated heterocycles. The number of carbonyl (C=O) groups excluding carboxylic acids is 1. The van der Waals surface area contributed by atoms with Gasteiger partial charge >= 0.3 is 0 Å². The Balaban J connectivity index is 2.41. The number of nitrogens with two attached hydrogens (primary N) is 1. The normalized spacial score (nSPS) is 20.6. The fraction of sp³-hybridized carbons (Fsp3) is 0.417. The minimum absolute atomic E-state index is 0.0672. The average Bonchev–Trinajstić information content (AvgIpc) is 2.51. The van der Waals surface area contributed by atoms with Crippen LogP contribution in [0.3, 0.4) is 0 Å². The minimum atomic E-state index is -0.575. The van der Waals surface area contributed by atoms with Crippen molar-refractivity contribution in [2.24, 2.45) is 0 Å². The van der Waals surface area contributed by atoms with Gasteiger partial charge in [-0.1, -0.05) is 0 Å². The van der Waals surface area contributed by atoms with Crippen molar-refractivity contribution in [1.82, 2.24) is 0 Å². The third-order valence-electron chi connectivity index (χ3n) is 3.04. The monoisotopic (exact) mass is 220 g/mol. The number of aliphatic hydroxyl groups is 1. The summed E-state index contributed by atoms with van der Waals surface area (Å²) in [6.07, 6.45) is -0.389. The third-order valence-corrected chi connectivity index (χ3v) is 3.04. The lowest BCUT2D eigenvalue weighted by atomic mass is 10.1. The van der Waals surface area contributed by atoms with E-state index in [-0.39, 0.29) is 12.3 Å². The zero-order chi connectivity index (χ0) is 11.9. The second-order valence-electron chi connectivity index (χ2n) is 4.36. The van der Waals surface area contributed by atoms with Crippen LogP contribution in [0.15, 0.2) is 12.1 Å². The Morgan fingerprint density at radius 3 is 2.56 bits per heavy atom. The number of hydrogen-bond donors (Lipinski definition) is 2. The first-order chi connectivity index (χ1) is 7.49. The summed E-state index contributed by atoms with van der Waals surface area (Å²) in [6, 6.07) is 3.77. The van der Waals surface area contributed by atoms with Gasteiger partial charge in [0.15, 0.2) is 0 Å². The van der Waals surface area contributed by atoms with Gasteiger partial charge < -0.3 is 15.7 Å². The summed E-state index contributed by atoms with van der Waals surface area (Å²) in [5.41, 5.74) is 9.40. The zero-order valence-corrected chi connectivity index (χ0v) is 9.53. The minimum Gasteiger partial charge on any atom is -0.397 e. The predicted octanol–water partition coefficient (Wildman–Crippen LogP) is 0.983. The second-order valence-corrected chi connectivity index (χ2v) is 4.36. The van der Waals surface area contributed by atoms with E-state index in [1.807, 2.05) is 26.0 Å². The summed E-state index contributed by atoms with van der Waals surface area (Å²) in [4.78, 5) is 13.2. The summed E-state index contributed by atoms with van der Waals surface area (Å²) in [6.45, 7) is 4.30. The molecule has 0 aliphatic carbocycles. The van der Waals surface area contributed by atoms with Crippen LogP contribution in [0.5, 0.6) is 0 Å². The van der Waals surface area contributed by atoms with E-state index >= 15 is 0 Å². The van der Waals surface area contributed by atoms with Gasteiger partial charge in [0, 0.05) is 0 Å². The summed E-state index contributed by atoms with van der Waals surface area (Å²) in [5, 5.41) is 9.44. The van der Waals surface area contributed by atoms with Crippen molar-refractivity contribution in [3.8, 4) is 0 Å². The second kappa shape index (κ2) is 3.79. The molecule has 1 aliphatic rings. The number of nitrogens with zero attached hydrogens (tertiary/aromatic N) is 1. The van der Waals surface area contributed by atoms with Gasteiger partial charge in [-0.15, -0.1) is 0 Å². The molecular weight excluding hydrogens is 204 g/mol. The largest absolute Gasteiger partial charge is 0.397 e. The quantitative estimate of drug-likeness (QED) is 0.693. The highest BCUT2D eigenvalue weighted by Gasteiger charge is 2.30. The fourth-order valence-electron chi connectivity index (χ4n) is 1.98. The smallest absolute Gasteiger partial charge is 0.229 e. The molecule has 1 fully saturated rings. The first-order valence-electron chi connectivity index (χ1n) is 5.34. The van der Waals surface area contributed by atoms with E-state index in [4.69, 9.17) is 5.73 Å². The Bertz CT molecular complexity index is 443. The third kappa shape index (κ3) is 1.76. The number of anilines is 2. The lowest BCUT2D eigenvalue weighted by Crippen LogP contribution is -2.26. The van der Waals surface area contributed by atoms with Gasteiger partial charge in [0.1, 0.15) is 0 Å². The highest BCUT2D eigenvalue weighted by molar-refractivity contribution is 5.98. The van der Waals surface area contributed by atoms with Gasteiger partial charge in [0.2, 0.25) is 5.91 Å². The van der Waals surface area contributed by atoms with Gasteiger partial charge in [0.25, 0.3) is 0 Å². The summed E-state index contributed by atoms with van der Waals surface area (Å²) in [5.74, 6) is -0.0672. The number of benzene rings is 1. The Kier molecular flexibility index (Phi) is 2.59. The molecule has 1 atom stereocenters. The summed E-state index contributed by atoms with van der Waals surface area (Å²) < 4.78 is 0. The van der Waals surface area contributed by atoms with Crippen molar-refractivity contribution in [2.75, 3.05) is 17.2 Å². The van der Waals surface area contributed by atoms with Crippen LogP contribution in [0.4, 0.5) is 11.4 Å². The SMILES string of the molecule is Cc1cc(N)c(N2CC(O)CC2=O)cc1C. The Hall–Kier alpha value is -1.55. The van der Waals surface area contributed by atoms with Gasteiger partial charge in [-0.05, 0) is 37.1 Å². The maximum absolute atomic E-state index is 11.6. The van der Waals surface area contributed by atoms with Crippen molar-refractivity contribution < 1.29 is 9.90 Å². The molecule has 0 radical (unpaired) electrons. The van der Waals surface area contributed by atoms with Crippen molar-refractivity contribution in [2.45, 2.75) is 26.4 Å². The van der Waals surface area contributed by atoms with E-state index in [0.717, 1.165) is 11.1 Å². The number of rotatable bonds is 1. The molecule has 86 valence electrons. The Morgan fingerprint density at radius 1 is 1.38 bits per heavy atom. The van der Waals surface area contributed by atoms with Crippen LogP contribution in [-0.2, 0) is 4.79 Å². The van der Waals surface area contributed by atoms with E-state index in [0.29, 0.717) is 17.9 Å². The van der Waals surface area contributed by atoms with Crippen LogP contribution in [0.1, 0.15) is 17.5 Å². The number of carbonyl (C=O) groups is 1. The number of β-amino-alcohol motifs (C(OH)–C–C–N with tert-alkyl or cyclic N) is 1. The predicted molar refractivity (Wildman–Crippen MR) is 63.3 cm³/mol. The molecule has 1 aromatic rings. The zero-order valence-electron chi connectivity index (χ0n) is 9.53. The van der Waals surface area contributed by atoms with Crippen LogP contribution < -0.4 is 10.6 Å². The van der Waals surface area contributed by atoms with Gasteiger partial charge in [-0.25, -0.2) is 0 Å². The summed E-state index contributed by atoms with van der Waals surface area (Å²) in [7, 11) is 0. The number of aliphatic hydroxyl groups excluding tert-OH is 1. The van der Waals surface area contributed by atoms with Crippen LogP contribution in [0.25, 0.3) is 0 Å². The van der Waals surface area contributed by atoms with Crippen molar-refractivity contribution in [3.05, 3.63) is 23.3 Å². The molecule has 1 unspecified atom stereocenters. The molecule has 0 bridgehead atoms. The van der Waals surface area contributed by atoms with E-state index in [2.05, 4.69) is 0 Å². The molecule has 3 N–H and O–H groups in total. The average molecular weight is 220 g/mol. The van der Waals surface area contributed by atoms with Crippen molar-refractivity contribution in [3.63, 3.8) is 0 Å². The first-order valence-corrected chi connectivity index (χ1v) is 5.34. The first kappa shape index (κ1) is 11.0. The summed E-state index contributed by atoms with van der Waals surface area (Å²) >= 11 is 0. The molecule has 0 saturated carbocycles. The van der Waals surface area contributed by atoms with Crippen LogP contribution >= 0.6 is 0 Å². The van der Waals surface area contributed by atoms with Crippen molar-refractivity contribution in [1.29, 1.82) is 0 Å². The molecule has 16 heavy (non-hydrogen) atoms. The Morgan fingerprint density at radius 2 is 2.00 bits per heavy atom. The van der Waals surface area contributed by atoms with E-state index in [9.17, 15) is 9.90 Å². The van der Waals surface area contributed by atoms with Crippen molar-refractivity contribution >= 4 is 17.3 Å². The van der Waals surface area contributed by atoms with Gasteiger partial charge in [0.05, 0.1) is 30.4 Å². The molecule has 1 aliphatic heterocycles. The molecule has 2 rings (SSSR count). The molecule has 4 nitrogen and oxygen atoms in total. The maximum Gasteiger partial charge on any atom is 0.229 e. The van der Waals surface area contributed by atoms with Gasteiger partial charge in [-0.3, -0.25) is 4.79 Å². The lowest BCUT2D eigenvalue weighted by Gasteiger charge is -2.19. The van der Waals surface area contributed by atoms with Crippen LogP contribution in [-0.4, -0.2) is 23.7 Å². The molecular formula is C12H16N2O2. The highest BCUT2D eigenvalue weighted by atomic mass is 16.3. The fourth-order valence-corrected chi connectivity index (χ4v) is 1.98. The standard InChI is InChI=1S/C12H16N2O2/c1-7-3-10(13)11(4-8(7)2)14-6-9(15)5-12(14)16/h3-4,9,15H,5-6,13H2,1-2H3. The number of nitrogen functional groups attached to an aromatic ring is 1. The molecule has 0 aromatic heterocycles. The molecule has 1 amide bonds. The van der Waals surface area contributed by atoms with Crippen LogP contribution in [0.2, 0.25) is 0 Å². The Labute approximate surface area is 94.7 Å². The molecule has 1 heterocycles. The molecule has 4 heteroatoms. The van der Waals surface area contributed by atoms with Crippen LogP contribution in [0, 0.1) is 13.8 Å². The lowest BCUT2D eigenvalue weighted by molar-refractivity contribution is -0.117. The van der Waals surface area contributed by atoms with Gasteiger partial charge in [-0.2, -0.15) is 0 Å². The highest BCUT2D eigenvalue weighted by Crippen LogP contribution is 2.30. The van der Waals surface area contributed by atoms with E-state index in [1.54, 1.807) is 4.90 Å². The number of hydrogen-bond acceptors (Lipinski definition) is 3. The van der Waals surface area contributed by atoms with E-state index in [1.165, 1.54) is 0 Å². The topological polar surface area (TPSA) is 66.6 Å². The van der Waals surface area contributed by atoms with E-state index < -0.39 is 6.10 Å². The molecule has 0 spiro atoms. The number of amides is 1. The molecule has 1 aromatic carbocycles.